The van der Waals surface area contributed by atoms with Crippen molar-refractivity contribution in [3.05, 3.63) is 23.9 Å². The molecule has 0 aromatic carbocycles. The zero-order valence-corrected chi connectivity index (χ0v) is 12.0. The molecule has 0 aromatic heterocycles. The lowest BCUT2D eigenvalue weighted by Crippen LogP contribution is -2.36. The van der Waals surface area contributed by atoms with Crippen LogP contribution in [-0.4, -0.2) is 23.1 Å². The van der Waals surface area contributed by atoms with Crippen molar-refractivity contribution in [1.29, 1.82) is 0 Å². The molecule has 0 unspecified atom stereocenters. The molecule has 0 aliphatic carbocycles. The van der Waals surface area contributed by atoms with E-state index in [4.69, 9.17) is 4.74 Å². The monoisotopic (exact) mass is 239 g/mol. The molecule has 17 heavy (non-hydrogen) atoms. The lowest BCUT2D eigenvalue weighted by molar-refractivity contribution is 0.0325. The predicted octanol–water partition coefficient (Wildman–Crippen LogP) is 4.11. The van der Waals surface area contributed by atoms with Gasteiger partial charge in [0, 0.05) is 12.2 Å². The van der Waals surface area contributed by atoms with E-state index < -0.39 is 5.60 Å². The third-order valence-corrected chi connectivity index (χ3v) is 2.06. The topological polar surface area (TPSA) is 29.5 Å². The van der Waals surface area contributed by atoms with Crippen LogP contribution in [-0.2, 0) is 4.74 Å². The summed E-state index contributed by atoms with van der Waals surface area (Å²) >= 11 is 0. The van der Waals surface area contributed by atoms with Crippen LogP contribution in [0.25, 0.3) is 0 Å². The Balaban J connectivity index is 4.99. The van der Waals surface area contributed by atoms with Gasteiger partial charge in [-0.1, -0.05) is 19.6 Å². The SMILES string of the molecule is C=C(C)/C(=C\CC)N(CC)C(=O)OC(C)(C)C. The standard InChI is InChI=1S/C14H25NO2/c1-8-10-12(11(3)4)15(9-2)13(16)17-14(5,6)7/h10H,3,8-9H2,1-2,4-7H3/b12-10+. The van der Waals surface area contributed by atoms with E-state index in [0.29, 0.717) is 6.54 Å². The number of hydrogen-bond acceptors (Lipinski definition) is 2. The number of hydrogen-bond donors (Lipinski definition) is 0. The van der Waals surface area contributed by atoms with Crippen LogP contribution >= 0.6 is 0 Å². The first-order valence-electron chi connectivity index (χ1n) is 6.09. The number of carbonyl (C=O) groups excluding carboxylic acids is 1. The van der Waals surface area contributed by atoms with Crippen molar-refractivity contribution in [2.45, 2.75) is 53.6 Å². The summed E-state index contributed by atoms with van der Waals surface area (Å²) in [7, 11) is 0. The van der Waals surface area contributed by atoms with Gasteiger partial charge >= 0.3 is 6.09 Å². The molecule has 0 radical (unpaired) electrons. The van der Waals surface area contributed by atoms with Gasteiger partial charge in [0.15, 0.2) is 0 Å². The Labute approximate surface area is 105 Å². The van der Waals surface area contributed by atoms with Gasteiger partial charge in [-0.25, -0.2) is 4.79 Å². The van der Waals surface area contributed by atoms with Gasteiger partial charge < -0.3 is 4.74 Å². The van der Waals surface area contributed by atoms with Crippen molar-refractivity contribution in [2.75, 3.05) is 6.54 Å². The Morgan fingerprint density at radius 2 is 1.88 bits per heavy atom. The average Bonchev–Trinajstić information content (AvgIpc) is 2.14. The maximum atomic E-state index is 12.0. The fourth-order valence-corrected chi connectivity index (χ4v) is 1.42. The number of ether oxygens (including phenoxy) is 1. The summed E-state index contributed by atoms with van der Waals surface area (Å²) in [5.41, 5.74) is 1.25. The number of likely N-dealkylation sites (N-methyl/N-ethyl adjacent to an activating group) is 1. The van der Waals surface area contributed by atoms with Gasteiger partial charge in [-0.3, -0.25) is 4.90 Å². The number of rotatable bonds is 4. The Hall–Kier alpha value is -1.25. The Morgan fingerprint density at radius 1 is 1.35 bits per heavy atom. The second kappa shape index (κ2) is 6.48. The quantitative estimate of drug-likeness (QED) is 0.691. The van der Waals surface area contributed by atoms with Crippen LogP contribution in [0, 0.1) is 0 Å². The summed E-state index contributed by atoms with van der Waals surface area (Å²) in [6.07, 6.45) is 2.54. The van der Waals surface area contributed by atoms with E-state index in [2.05, 4.69) is 6.58 Å². The minimum Gasteiger partial charge on any atom is -0.443 e. The van der Waals surface area contributed by atoms with Crippen molar-refractivity contribution in [1.82, 2.24) is 4.90 Å². The van der Waals surface area contributed by atoms with E-state index in [1.54, 1.807) is 4.90 Å². The first kappa shape index (κ1) is 15.8. The Morgan fingerprint density at radius 3 is 2.18 bits per heavy atom. The average molecular weight is 239 g/mol. The first-order valence-corrected chi connectivity index (χ1v) is 6.09. The third kappa shape index (κ3) is 5.57. The van der Waals surface area contributed by atoms with Crippen molar-refractivity contribution in [2.24, 2.45) is 0 Å². The zero-order chi connectivity index (χ0) is 13.6. The fourth-order valence-electron chi connectivity index (χ4n) is 1.42. The van der Waals surface area contributed by atoms with Crippen LogP contribution in [0.15, 0.2) is 23.9 Å². The number of allylic oxidation sites excluding steroid dienone is 2. The summed E-state index contributed by atoms with van der Waals surface area (Å²) in [6, 6.07) is 0. The molecular formula is C14H25NO2. The highest BCUT2D eigenvalue weighted by molar-refractivity contribution is 5.71. The van der Waals surface area contributed by atoms with Gasteiger partial charge in [-0.05, 0) is 46.6 Å². The molecule has 0 aliphatic heterocycles. The summed E-state index contributed by atoms with van der Waals surface area (Å²) in [6.45, 7) is 15.9. The molecule has 3 nitrogen and oxygen atoms in total. The molecule has 0 fully saturated rings. The third-order valence-electron chi connectivity index (χ3n) is 2.06. The highest BCUT2D eigenvalue weighted by Crippen LogP contribution is 2.18. The molecule has 0 bridgehead atoms. The van der Waals surface area contributed by atoms with Crippen LogP contribution in [0.3, 0.4) is 0 Å². The molecule has 0 aromatic rings. The molecule has 1 amide bonds. The van der Waals surface area contributed by atoms with Crippen molar-refractivity contribution >= 4 is 6.09 Å². The molecule has 0 saturated carbocycles. The Kier molecular flexibility index (Phi) is 6.00. The summed E-state index contributed by atoms with van der Waals surface area (Å²) in [5, 5.41) is 0. The van der Waals surface area contributed by atoms with Crippen molar-refractivity contribution < 1.29 is 9.53 Å². The van der Waals surface area contributed by atoms with Crippen LogP contribution in [0.5, 0.6) is 0 Å². The Bertz CT molecular complexity index is 311. The molecule has 3 heteroatoms. The summed E-state index contributed by atoms with van der Waals surface area (Å²) < 4.78 is 5.37. The van der Waals surface area contributed by atoms with Crippen LogP contribution in [0.1, 0.15) is 48.0 Å². The lowest BCUT2D eigenvalue weighted by Gasteiger charge is -2.28. The molecule has 0 heterocycles. The first-order chi connectivity index (χ1) is 7.72. The van der Waals surface area contributed by atoms with E-state index in [-0.39, 0.29) is 6.09 Å². The molecule has 0 N–H and O–H groups in total. The predicted molar refractivity (Wildman–Crippen MR) is 71.8 cm³/mol. The molecule has 0 aliphatic rings. The largest absolute Gasteiger partial charge is 0.443 e. The van der Waals surface area contributed by atoms with E-state index in [1.165, 1.54) is 0 Å². The number of nitrogens with zero attached hydrogens (tertiary/aromatic N) is 1. The molecule has 0 saturated heterocycles. The number of amides is 1. The highest BCUT2D eigenvalue weighted by Gasteiger charge is 2.23. The highest BCUT2D eigenvalue weighted by atomic mass is 16.6. The van der Waals surface area contributed by atoms with Crippen LogP contribution in [0.2, 0.25) is 0 Å². The fraction of sp³-hybridized carbons (Fsp3) is 0.643. The van der Waals surface area contributed by atoms with Gasteiger partial charge in [0.05, 0.1) is 0 Å². The smallest absolute Gasteiger partial charge is 0.414 e. The summed E-state index contributed by atoms with van der Waals surface area (Å²) in [5.74, 6) is 0. The van der Waals surface area contributed by atoms with Gasteiger partial charge in [0.1, 0.15) is 5.60 Å². The molecule has 0 atom stereocenters. The van der Waals surface area contributed by atoms with Gasteiger partial charge in [0.25, 0.3) is 0 Å². The molecule has 0 rings (SSSR count). The van der Waals surface area contributed by atoms with Crippen LogP contribution < -0.4 is 0 Å². The van der Waals surface area contributed by atoms with Crippen molar-refractivity contribution in [3.8, 4) is 0 Å². The minimum atomic E-state index is -0.475. The number of carbonyl (C=O) groups is 1. The lowest BCUT2D eigenvalue weighted by atomic mass is 10.2. The van der Waals surface area contributed by atoms with E-state index in [0.717, 1.165) is 17.7 Å². The zero-order valence-electron chi connectivity index (χ0n) is 12.0. The second-order valence-electron chi connectivity index (χ2n) is 5.00. The van der Waals surface area contributed by atoms with Gasteiger partial charge in [0.2, 0.25) is 0 Å². The molecule has 98 valence electrons. The summed E-state index contributed by atoms with van der Waals surface area (Å²) in [4.78, 5) is 13.7. The minimum absolute atomic E-state index is 0.317. The molecular weight excluding hydrogens is 214 g/mol. The van der Waals surface area contributed by atoms with E-state index >= 15 is 0 Å². The van der Waals surface area contributed by atoms with Crippen molar-refractivity contribution in [3.63, 3.8) is 0 Å². The van der Waals surface area contributed by atoms with Gasteiger partial charge in [-0.2, -0.15) is 0 Å². The second-order valence-corrected chi connectivity index (χ2v) is 5.00. The maximum absolute atomic E-state index is 12.0. The molecule has 0 spiro atoms. The normalized spacial score (nSPS) is 12.2. The van der Waals surface area contributed by atoms with E-state index in [1.807, 2.05) is 47.6 Å². The van der Waals surface area contributed by atoms with Gasteiger partial charge in [-0.15, -0.1) is 0 Å². The maximum Gasteiger partial charge on any atom is 0.414 e. The van der Waals surface area contributed by atoms with E-state index in [9.17, 15) is 4.79 Å². The van der Waals surface area contributed by atoms with Crippen LogP contribution in [0.4, 0.5) is 4.79 Å².